The van der Waals surface area contributed by atoms with Gasteiger partial charge in [-0.15, -0.1) is 3.74 Å². The molecule has 0 spiro atoms. The van der Waals surface area contributed by atoms with Gasteiger partial charge < -0.3 is 2.85 Å². The third kappa shape index (κ3) is 15.7. The van der Waals surface area contributed by atoms with Crippen molar-refractivity contribution in [3.8, 4) is 0 Å². The molecule has 8 heteroatoms. The quantitative estimate of drug-likeness (QED) is 0.423. The minimum atomic E-state index is -4.40. The molecule has 0 bridgehead atoms. The Kier molecular flexibility index (Phi) is 14.6. The zero-order valence-corrected chi connectivity index (χ0v) is 6.95. The first kappa shape index (κ1) is 16.5. The fourth-order valence-corrected chi connectivity index (χ4v) is 0. The van der Waals surface area contributed by atoms with Crippen molar-refractivity contribution in [1.82, 2.24) is 0 Å². The summed E-state index contributed by atoms with van der Waals surface area (Å²) in [5.74, 6) is 0. The molecule has 0 unspecified atom stereocenters. The largest absolute Gasteiger partial charge is 2.00 e. The van der Waals surface area contributed by atoms with Gasteiger partial charge >= 0.3 is 48.1 Å². The molecule has 0 aliphatic rings. The summed E-state index contributed by atoms with van der Waals surface area (Å²) in [6.45, 7) is 0. The molecular formula is H6AlCaClO4S. The molecule has 0 saturated heterocycles. The topological polar surface area (TPSA) is 63.6 Å². The second-order valence-corrected chi connectivity index (χ2v) is 1.85. The van der Waals surface area contributed by atoms with Gasteiger partial charge in [-0.1, -0.05) is 0 Å². The average molecular weight is 205 g/mol. The van der Waals surface area contributed by atoms with Crippen molar-refractivity contribution in [2.45, 2.75) is 0 Å². The maximum atomic E-state index is 9.20. The van der Waals surface area contributed by atoms with Crippen LogP contribution in [0.5, 0.6) is 0 Å². The molecule has 8 heavy (non-hydrogen) atoms. The molecule has 0 heterocycles. The maximum absolute atomic E-state index is 9.20. The average Bonchev–Trinajstić information content (AvgIpc) is 1.35. The molecule has 0 aromatic heterocycles. The van der Waals surface area contributed by atoms with E-state index >= 15 is 0 Å². The molecule has 0 aliphatic carbocycles. The Bertz CT molecular complexity index is 125. The number of halogens is 1. The first-order valence-corrected chi connectivity index (χ1v) is 2.51. The van der Waals surface area contributed by atoms with E-state index in [0.717, 1.165) is 0 Å². The molecule has 0 aromatic carbocycles. The molecule has 4 nitrogen and oxygen atoms in total. The predicted octanol–water partition coefficient (Wildman–Crippen LogP) is -1.38. The third-order valence-corrected chi connectivity index (χ3v) is 0.716. The molecule has 0 saturated carbocycles. The van der Waals surface area contributed by atoms with Crippen LogP contribution >= 0.6 is 11.9 Å². The fraction of sp³-hybridized carbons (Fsp3) is 0. The fourth-order valence-electron chi connectivity index (χ4n) is 0. The first-order chi connectivity index (χ1) is 2.56. The summed E-state index contributed by atoms with van der Waals surface area (Å²) < 4.78 is 28.8. The minimum absolute atomic E-state index is 0. The Hall–Kier alpha value is 1.95. The normalized spacial score (nSPS) is 8.75. The Morgan fingerprint density at radius 1 is 1.62 bits per heavy atom. The van der Waals surface area contributed by atoms with Gasteiger partial charge in [0.05, 0.1) is 11.9 Å². The van der Waals surface area contributed by atoms with Gasteiger partial charge in [0.25, 0.3) is 0 Å². The Morgan fingerprint density at radius 3 is 1.75 bits per heavy atom. The van der Waals surface area contributed by atoms with Crippen LogP contribution in [0.3, 0.4) is 0 Å². The number of rotatable bonds is 1. The standard InChI is InChI=1S/Al.Ca.ClHO4S.5H/c;;1-5-6(2,3)4;;;;;/h;;(H,2,3,4);;;;;/q;+2;;;;;2*-1. The number of hydrogen-bond acceptors (Lipinski definition) is 3. The van der Waals surface area contributed by atoms with Crippen LogP contribution < -0.4 is 0 Å². The van der Waals surface area contributed by atoms with Crippen molar-refractivity contribution in [2.24, 2.45) is 0 Å². The van der Waals surface area contributed by atoms with Crippen LogP contribution in [-0.4, -0.2) is 68.1 Å². The molecule has 0 fully saturated rings. The van der Waals surface area contributed by atoms with Crippen molar-refractivity contribution in [2.75, 3.05) is 0 Å². The van der Waals surface area contributed by atoms with E-state index < -0.39 is 10.4 Å². The van der Waals surface area contributed by atoms with E-state index in [1.54, 1.807) is 0 Å². The second kappa shape index (κ2) is 7.06. The summed E-state index contributed by atoms with van der Waals surface area (Å²) in [6.07, 6.45) is 0. The first-order valence-electron chi connectivity index (χ1n) is 0.837. The van der Waals surface area contributed by atoms with Crippen LogP contribution in [-0.2, 0) is 14.1 Å². The summed E-state index contributed by atoms with van der Waals surface area (Å²) in [4.78, 5) is 0. The van der Waals surface area contributed by atoms with Crippen LogP contribution in [0.1, 0.15) is 2.85 Å². The Balaban J connectivity index is -0.0000000208. The van der Waals surface area contributed by atoms with E-state index in [2.05, 4.69) is 15.6 Å². The SMILES string of the molecule is O=S(=O)(O)OCl.[AlH3].[Ca+2].[H-].[H-]. The van der Waals surface area contributed by atoms with Gasteiger partial charge in [0.15, 0.2) is 17.4 Å². The summed E-state index contributed by atoms with van der Waals surface area (Å²) in [5.41, 5.74) is 0. The van der Waals surface area contributed by atoms with E-state index in [1.807, 2.05) is 0 Å². The van der Waals surface area contributed by atoms with Crippen molar-refractivity contribution < 1.29 is 19.6 Å². The molecule has 48 valence electrons. The maximum Gasteiger partial charge on any atom is 2.00 e. The molecular weight excluding hydrogens is 199 g/mol. The van der Waals surface area contributed by atoms with Crippen LogP contribution in [0.4, 0.5) is 0 Å². The molecule has 0 radical (unpaired) electrons. The van der Waals surface area contributed by atoms with Gasteiger partial charge in [0.1, 0.15) is 0 Å². The van der Waals surface area contributed by atoms with E-state index in [0.29, 0.717) is 0 Å². The van der Waals surface area contributed by atoms with Crippen molar-refractivity contribution in [3.63, 3.8) is 0 Å². The van der Waals surface area contributed by atoms with Gasteiger partial charge in [0.2, 0.25) is 0 Å². The van der Waals surface area contributed by atoms with Crippen LogP contribution in [0.2, 0.25) is 0 Å². The van der Waals surface area contributed by atoms with Crippen LogP contribution in [0.25, 0.3) is 0 Å². The van der Waals surface area contributed by atoms with Crippen molar-refractivity contribution in [1.29, 1.82) is 0 Å². The third-order valence-electron chi connectivity index (χ3n) is 0.0796. The van der Waals surface area contributed by atoms with E-state index in [4.69, 9.17) is 4.55 Å². The predicted molar refractivity (Wildman–Crippen MR) is 36.4 cm³/mol. The zero-order valence-electron chi connectivity index (χ0n) is 5.17. The number of hydrogen-bond donors (Lipinski definition) is 1. The van der Waals surface area contributed by atoms with Crippen molar-refractivity contribution >= 4 is 77.4 Å². The smallest absolute Gasteiger partial charge is 1.00 e. The zero-order chi connectivity index (χ0) is 5.21. The van der Waals surface area contributed by atoms with Gasteiger partial charge in [0, 0.05) is 0 Å². The molecule has 0 amide bonds. The summed E-state index contributed by atoms with van der Waals surface area (Å²) in [6, 6.07) is 0. The van der Waals surface area contributed by atoms with Gasteiger partial charge in [-0.05, 0) is 0 Å². The Labute approximate surface area is 95.8 Å². The van der Waals surface area contributed by atoms with Gasteiger partial charge in [-0.25, -0.2) is 0 Å². The molecule has 0 aromatic rings. The van der Waals surface area contributed by atoms with Crippen LogP contribution in [0.15, 0.2) is 0 Å². The monoisotopic (exact) mass is 204 g/mol. The molecule has 1 N–H and O–H groups in total. The summed E-state index contributed by atoms with van der Waals surface area (Å²) >= 11 is 4.14. The van der Waals surface area contributed by atoms with Gasteiger partial charge in [-0.3, -0.25) is 4.55 Å². The molecule has 0 atom stereocenters. The van der Waals surface area contributed by atoms with Gasteiger partial charge in [-0.2, -0.15) is 8.42 Å². The second-order valence-electron chi connectivity index (χ2n) is 0.491. The minimum Gasteiger partial charge on any atom is -1.00 e. The van der Waals surface area contributed by atoms with E-state index in [9.17, 15) is 8.42 Å². The Morgan fingerprint density at radius 2 is 1.75 bits per heavy atom. The van der Waals surface area contributed by atoms with E-state index in [-0.39, 0.29) is 58.0 Å². The summed E-state index contributed by atoms with van der Waals surface area (Å²) in [7, 11) is -4.40. The van der Waals surface area contributed by atoms with Crippen LogP contribution in [0, 0.1) is 0 Å². The summed E-state index contributed by atoms with van der Waals surface area (Å²) in [5, 5.41) is 0. The van der Waals surface area contributed by atoms with Crippen molar-refractivity contribution in [3.05, 3.63) is 0 Å². The molecule has 0 rings (SSSR count). The molecule has 0 aliphatic heterocycles. The van der Waals surface area contributed by atoms with E-state index in [1.165, 1.54) is 0 Å².